The minimum absolute atomic E-state index is 0.113. The van der Waals surface area contributed by atoms with Crippen LogP contribution in [0.1, 0.15) is 37.7 Å². The van der Waals surface area contributed by atoms with Crippen LogP contribution in [0, 0.1) is 5.92 Å². The van der Waals surface area contributed by atoms with E-state index in [4.69, 9.17) is 0 Å². The van der Waals surface area contributed by atoms with Gasteiger partial charge in [0.05, 0.1) is 6.42 Å². The molecule has 2 amide bonds. The van der Waals surface area contributed by atoms with E-state index in [0.29, 0.717) is 25.4 Å². The van der Waals surface area contributed by atoms with Crippen molar-refractivity contribution in [1.82, 2.24) is 9.80 Å². The molecule has 0 atom stereocenters. The van der Waals surface area contributed by atoms with Gasteiger partial charge in [0.1, 0.15) is 0 Å². The molecule has 5 heteroatoms. The molecular weight excluding hydrogens is 332 g/mol. The molecule has 2 saturated heterocycles. The van der Waals surface area contributed by atoms with Crippen LogP contribution in [0.25, 0.3) is 0 Å². The van der Waals surface area contributed by atoms with Gasteiger partial charge in [-0.3, -0.25) is 9.59 Å². The molecule has 2 aliphatic heterocycles. The molecule has 3 rings (SSSR count). The van der Waals surface area contributed by atoms with Crippen LogP contribution in [0.2, 0.25) is 0 Å². The van der Waals surface area contributed by atoms with Crippen LogP contribution < -0.4 is 0 Å². The first-order valence-corrected chi connectivity index (χ1v) is 10.6. The minimum atomic E-state index is 0.113. The molecule has 0 N–H and O–H groups in total. The van der Waals surface area contributed by atoms with E-state index in [0.717, 1.165) is 44.3 Å². The summed E-state index contributed by atoms with van der Waals surface area (Å²) >= 11 is 1.70. The summed E-state index contributed by atoms with van der Waals surface area (Å²) in [4.78, 5) is 30.3. The Hall–Kier alpha value is -1.49. The summed E-state index contributed by atoms with van der Waals surface area (Å²) in [7, 11) is 0. The maximum Gasteiger partial charge on any atom is 0.226 e. The van der Waals surface area contributed by atoms with Gasteiger partial charge in [0.2, 0.25) is 11.8 Å². The zero-order chi connectivity index (χ0) is 17.6. The molecule has 0 aliphatic carbocycles. The lowest BCUT2D eigenvalue weighted by Crippen LogP contribution is -2.46. The number of carbonyl (C=O) groups is 2. The number of hydrogen-bond acceptors (Lipinski definition) is 3. The molecule has 0 unspecified atom stereocenters. The van der Waals surface area contributed by atoms with Crippen LogP contribution in [0.3, 0.4) is 0 Å². The zero-order valence-electron chi connectivity index (χ0n) is 15.1. The van der Waals surface area contributed by atoms with Gasteiger partial charge in [0.15, 0.2) is 0 Å². The highest BCUT2D eigenvalue weighted by atomic mass is 32.2. The summed E-state index contributed by atoms with van der Waals surface area (Å²) in [6.07, 6.45) is 7.65. The van der Waals surface area contributed by atoms with Gasteiger partial charge in [-0.25, -0.2) is 0 Å². The third-order valence-electron chi connectivity index (χ3n) is 5.35. The SMILES string of the molecule is CSc1cccc(CC(=O)N2CCC(C(=O)N3CCCCC3)CC2)c1. The van der Waals surface area contributed by atoms with Crippen molar-refractivity contribution in [2.75, 3.05) is 32.4 Å². The van der Waals surface area contributed by atoms with Crippen LogP contribution in [0.15, 0.2) is 29.2 Å². The second-order valence-electron chi connectivity index (χ2n) is 7.07. The largest absolute Gasteiger partial charge is 0.342 e. The number of thioether (sulfide) groups is 1. The fourth-order valence-electron chi connectivity index (χ4n) is 3.82. The summed E-state index contributed by atoms with van der Waals surface area (Å²) in [5.74, 6) is 0.614. The molecule has 0 bridgehead atoms. The number of nitrogens with zero attached hydrogens (tertiary/aromatic N) is 2. The summed E-state index contributed by atoms with van der Waals surface area (Å²) in [5, 5.41) is 0. The fraction of sp³-hybridized carbons (Fsp3) is 0.600. The van der Waals surface area contributed by atoms with Gasteiger partial charge in [-0.1, -0.05) is 12.1 Å². The van der Waals surface area contributed by atoms with E-state index in [-0.39, 0.29) is 11.8 Å². The molecule has 0 aromatic heterocycles. The van der Waals surface area contributed by atoms with Gasteiger partial charge >= 0.3 is 0 Å². The highest BCUT2D eigenvalue weighted by molar-refractivity contribution is 7.98. The Morgan fingerprint density at radius 3 is 2.44 bits per heavy atom. The van der Waals surface area contributed by atoms with Gasteiger partial charge in [0.25, 0.3) is 0 Å². The molecule has 1 aromatic carbocycles. The van der Waals surface area contributed by atoms with E-state index < -0.39 is 0 Å². The summed E-state index contributed by atoms with van der Waals surface area (Å²) < 4.78 is 0. The predicted octanol–water partition coefficient (Wildman–Crippen LogP) is 3.20. The summed E-state index contributed by atoms with van der Waals surface area (Å²) in [5.41, 5.74) is 1.07. The maximum atomic E-state index is 12.6. The molecule has 0 saturated carbocycles. The molecule has 0 spiro atoms. The van der Waals surface area contributed by atoms with Gasteiger partial charge in [0, 0.05) is 37.0 Å². The first kappa shape index (κ1) is 18.3. The highest BCUT2D eigenvalue weighted by Gasteiger charge is 2.30. The number of likely N-dealkylation sites (tertiary alicyclic amines) is 2. The molecular formula is C20H28N2O2S. The van der Waals surface area contributed by atoms with Crippen LogP contribution >= 0.6 is 11.8 Å². The Labute approximate surface area is 154 Å². The van der Waals surface area contributed by atoms with Crippen molar-refractivity contribution in [3.8, 4) is 0 Å². The Kier molecular flexibility index (Phi) is 6.40. The topological polar surface area (TPSA) is 40.6 Å². The van der Waals surface area contributed by atoms with E-state index >= 15 is 0 Å². The van der Waals surface area contributed by atoms with E-state index in [9.17, 15) is 9.59 Å². The highest BCUT2D eigenvalue weighted by Crippen LogP contribution is 2.23. The first-order chi connectivity index (χ1) is 12.2. The van der Waals surface area contributed by atoms with E-state index in [1.54, 1.807) is 11.8 Å². The Morgan fingerprint density at radius 2 is 1.76 bits per heavy atom. The van der Waals surface area contributed by atoms with Crippen molar-refractivity contribution >= 4 is 23.6 Å². The summed E-state index contributed by atoms with van der Waals surface area (Å²) in [6.45, 7) is 3.27. The second kappa shape index (κ2) is 8.75. The van der Waals surface area contributed by atoms with E-state index in [1.807, 2.05) is 28.2 Å². The van der Waals surface area contributed by atoms with Crippen molar-refractivity contribution in [1.29, 1.82) is 0 Å². The van der Waals surface area contributed by atoms with Crippen LogP contribution in [-0.4, -0.2) is 54.0 Å². The third-order valence-corrected chi connectivity index (χ3v) is 6.08. The van der Waals surface area contributed by atoms with Crippen molar-refractivity contribution in [2.45, 2.75) is 43.4 Å². The van der Waals surface area contributed by atoms with Gasteiger partial charge < -0.3 is 9.80 Å². The number of benzene rings is 1. The average molecular weight is 361 g/mol. The molecule has 136 valence electrons. The number of amides is 2. The quantitative estimate of drug-likeness (QED) is 0.774. The Morgan fingerprint density at radius 1 is 1.04 bits per heavy atom. The first-order valence-electron chi connectivity index (χ1n) is 9.37. The van der Waals surface area contributed by atoms with Crippen molar-refractivity contribution < 1.29 is 9.59 Å². The fourth-order valence-corrected chi connectivity index (χ4v) is 4.30. The second-order valence-corrected chi connectivity index (χ2v) is 7.95. The molecule has 4 nitrogen and oxygen atoms in total. The van der Waals surface area contributed by atoms with Gasteiger partial charge in [-0.15, -0.1) is 11.8 Å². The van der Waals surface area contributed by atoms with Gasteiger partial charge in [-0.05, 0) is 56.1 Å². The lowest BCUT2D eigenvalue weighted by Gasteiger charge is -2.35. The van der Waals surface area contributed by atoms with Crippen LogP contribution in [-0.2, 0) is 16.0 Å². The molecule has 1 aromatic rings. The van der Waals surface area contributed by atoms with E-state index in [2.05, 4.69) is 12.1 Å². The predicted molar refractivity (Wildman–Crippen MR) is 102 cm³/mol. The molecule has 25 heavy (non-hydrogen) atoms. The molecule has 0 radical (unpaired) electrons. The zero-order valence-corrected chi connectivity index (χ0v) is 15.9. The lowest BCUT2D eigenvalue weighted by atomic mass is 9.94. The third kappa shape index (κ3) is 4.78. The van der Waals surface area contributed by atoms with Gasteiger partial charge in [-0.2, -0.15) is 0 Å². The minimum Gasteiger partial charge on any atom is -0.342 e. The van der Waals surface area contributed by atoms with Crippen molar-refractivity contribution in [3.63, 3.8) is 0 Å². The smallest absolute Gasteiger partial charge is 0.226 e. The monoisotopic (exact) mass is 360 g/mol. The maximum absolute atomic E-state index is 12.6. The normalized spacial score (nSPS) is 19.1. The number of rotatable bonds is 4. The van der Waals surface area contributed by atoms with Crippen molar-refractivity contribution in [2.24, 2.45) is 5.92 Å². The Bertz CT molecular complexity index is 605. The van der Waals surface area contributed by atoms with Crippen LogP contribution in [0.4, 0.5) is 0 Å². The average Bonchev–Trinajstić information content (AvgIpc) is 2.68. The summed E-state index contributed by atoms with van der Waals surface area (Å²) in [6, 6.07) is 8.19. The lowest BCUT2D eigenvalue weighted by molar-refractivity contribution is -0.141. The van der Waals surface area contributed by atoms with Crippen LogP contribution in [0.5, 0.6) is 0 Å². The number of hydrogen-bond donors (Lipinski definition) is 0. The number of carbonyl (C=O) groups excluding carboxylic acids is 2. The standard InChI is InChI=1S/C20H28N2O2S/c1-25-18-7-5-6-16(14-18)15-19(23)21-12-8-17(9-13-21)20(24)22-10-3-2-4-11-22/h5-7,14,17H,2-4,8-13,15H2,1H3. The molecule has 2 aliphatic rings. The Balaban J connectivity index is 1.49. The van der Waals surface area contributed by atoms with E-state index in [1.165, 1.54) is 11.3 Å². The number of piperidine rings is 2. The molecule has 2 fully saturated rings. The molecule has 2 heterocycles. The van der Waals surface area contributed by atoms with Crippen molar-refractivity contribution in [3.05, 3.63) is 29.8 Å².